The number of aliphatic hydroxyl groups is 1. The molecule has 18 heavy (non-hydrogen) atoms. The molecule has 0 aliphatic carbocycles. The van der Waals surface area contributed by atoms with Crippen LogP contribution in [0.5, 0.6) is 5.75 Å². The third kappa shape index (κ3) is 3.03. The number of hydrogen-bond acceptors (Lipinski definition) is 3. The highest BCUT2D eigenvalue weighted by Crippen LogP contribution is 2.29. The summed E-state index contributed by atoms with van der Waals surface area (Å²) in [4.78, 5) is 0. The van der Waals surface area contributed by atoms with Gasteiger partial charge in [-0.3, -0.25) is 0 Å². The Bertz CT molecular complexity index is 397. The van der Waals surface area contributed by atoms with Crippen molar-refractivity contribution < 1.29 is 9.84 Å². The van der Waals surface area contributed by atoms with Gasteiger partial charge in [-0.2, -0.15) is 0 Å². The second-order valence-electron chi connectivity index (χ2n) is 5.15. The molecule has 3 nitrogen and oxygen atoms in total. The average Bonchev–Trinajstić information content (AvgIpc) is 2.39. The van der Waals surface area contributed by atoms with E-state index in [4.69, 9.17) is 4.74 Å². The van der Waals surface area contributed by atoms with Gasteiger partial charge >= 0.3 is 0 Å². The molecule has 1 aliphatic heterocycles. The Hall–Kier alpha value is -1.06. The lowest BCUT2D eigenvalue weighted by Crippen LogP contribution is -2.43. The van der Waals surface area contributed by atoms with E-state index in [0.29, 0.717) is 6.42 Å². The molecular formula is C15H23NO2. The molecule has 1 aromatic rings. The molecule has 1 aromatic carbocycles. The van der Waals surface area contributed by atoms with Crippen LogP contribution < -0.4 is 10.1 Å². The molecule has 2 rings (SSSR count). The average molecular weight is 249 g/mol. The molecule has 0 amide bonds. The first-order chi connectivity index (χ1) is 8.67. The second-order valence-corrected chi connectivity index (χ2v) is 5.15. The molecule has 0 radical (unpaired) electrons. The van der Waals surface area contributed by atoms with Gasteiger partial charge in [0.25, 0.3) is 0 Å². The van der Waals surface area contributed by atoms with E-state index in [1.165, 1.54) is 5.56 Å². The lowest BCUT2D eigenvalue weighted by molar-refractivity contribution is 0.0104. The summed E-state index contributed by atoms with van der Waals surface area (Å²) in [6, 6.07) is 6.27. The monoisotopic (exact) mass is 249 g/mol. The van der Waals surface area contributed by atoms with Crippen molar-refractivity contribution in [1.29, 1.82) is 0 Å². The highest BCUT2D eigenvalue weighted by atomic mass is 16.5. The Labute approximate surface area is 109 Å². The smallest absolute Gasteiger partial charge is 0.122 e. The van der Waals surface area contributed by atoms with Crippen LogP contribution in [0.25, 0.3) is 0 Å². The van der Waals surface area contributed by atoms with E-state index in [1.54, 1.807) is 7.11 Å². The summed E-state index contributed by atoms with van der Waals surface area (Å²) >= 11 is 0. The Morgan fingerprint density at radius 1 is 1.33 bits per heavy atom. The predicted molar refractivity (Wildman–Crippen MR) is 73.1 cm³/mol. The van der Waals surface area contributed by atoms with Gasteiger partial charge in [-0.05, 0) is 49.5 Å². The van der Waals surface area contributed by atoms with Gasteiger partial charge in [-0.1, -0.05) is 19.1 Å². The van der Waals surface area contributed by atoms with E-state index >= 15 is 0 Å². The van der Waals surface area contributed by atoms with Gasteiger partial charge in [0.15, 0.2) is 0 Å². The Morgan fingerprint density at radius 3 is 2.67 bits per heavy atom. The number of benzene rings is 1. The first-order valence-electron chi connectivity index (χ1n) is 6.76. The molecule has 0 aromatic heterocycles. The van der Waals surface area contributed by atoms with Crippen LogP contribution >= 0.6 is 0 Å². The third-order valence-electron chi connectivity index (χ3n) is 3.81. The summed E-state index contributed by atoms with van der Waals surface area (Å²) in [6.45, 7) is 3.93. The first kappa shape index (κ1) is 13.4. The summed E-state index contributed by atoms with van der Waals surface area (Å²) in [5, 5.41) is 13.9. The molecule has 0 unspecified atom stereocenters. The molecule has 1 saturated heterocycles. The van der Waals surface area contributed by atoms with Gasteiger partial charge in [0, 0.05) is 6.42 Å². The zero-order chi connectivity index (χ0) is 13.0. The number of aryl methyl sites for hydroxylation is 1. The molecule has 0 spiro atoms. The third-order valence-corrected chi connectivity index (χ3v) is 3.81. The topological polar surface area (TPSA) is 41.5 Å². The SMILES string of the molecule is CCc1ccc(OC)c(CC2(O)CCNCC2)c1. The highest BCUT2D eigenvalue weighted by Gasteiger charge is 2.30. The van der Waals surface area contributed by atoms with Crippen LogP contribution in [-0.2, 0) is 12.8 Å². The molecule has 2 N–H and O–H groups in total. The van der Waals surface area contributed by atoms with E-state index in [-0.39, 0.29) is 0 Å². The van der Waals surface area contributed by atoms with Crippen LogP contribution in [0.1, 0.15) is 30.9 Å². The Kier molecular flexibility index (Phi) is 4.25. The number of ether oxygens (including phenoxy) is 1. The standard InChI is InChI=1S/C15H23NO2/c1-3-12-4-5-14(18-2)13(10-12)11-15(17)6-8-16-9-7-15/h4-5,10,16-17H,3,6-9,11H2,1-2H3. The van der Waals surface area contributed by atoms with Gasteiger partial charge in [-0.25, -0.2) is 0 Å². The summed E-state index contributed by atoms with van der Waals surface area (Å²) in [7, 11) is 1.69. The van der Waals surface area contributed by atoms with Crippen molar-refractivity contribution in [2.45, 2.75) is 38.2 Å². The number of piperidine rings is 1. The van der Waals surface area contributed by atoms with Crippen LogP contribution in [0.3, 0.4) is 0 Å². The van der Waals surface area contributed by atoms with Gasteiger partial charge < -0.3 is 15.2 Å². The molecule has 100 valence electrons. The minimum atomic E-state index is -0.578. The number of rotatable bonds is 4. The van der Waals surface area contributed by atoms with Crippen molar-refractivity contribution in [2.24, 2.45) is 0 Å². The van der Waals surface area contributed by atoms with E-state index < -0.39 is 5.60 Å². The van der Waals surface area contributed by atoms with Crippen LogP contribution in [0.15, 0.2) is 18.2 Å². The molecule has 1 heterocycles. The number of methoxy groups -OCH3 is 1. The molecule has 0 bridgehead atoms. The normalized spacial score (nSPS) is 18.6. The van der Waals surface area contributed by atoms with Gasteiger partial charge in [0.2, 0.25) is 0 Å². The van der Waals surface area contributed by atoms with Gasteiger partial charge in [0.1, 0.15) is 5.75 Å². The second kappa shape index (κ2) is 5.72. The summed E-state index contributed by atoms with van der Waals surface area (Å²) < 4.78 is 5.40. The van der Waals surface area contributed by atoms with Crippen molar-refractivity contribution >= 4 is 0 Å². The van der Waals surface area contributed by atoms with Crippen molar-refractivity contribution in [3.8, 4) is 5.75 Å². The van der Waals surface area contributed by atoms with Crippen LogP contribution in [-0.4, -0.2) is 30.9 Å². The maximum Gasteiger partial charge on any atom is 0.122 e. The molecule has 0 atom stereocenters. The fourth-order valence-electron chi connectivity index (χ4n) is 2.61. The molecule has 0 saturated carbocycles. The van der Waals surface area contributed by atoms with Crippen LogP contribution in [0.2, 0.25) is 0 Å². The van der Waals surface area contributed by atoms with Crippen molar-refractivity contribution in [1.82, 2.24) is 5.32 Å². The Morgan fingerprint density at radius 2 is 2.06 bits per heavy atom. The fourth-order valence-corrected chi connectivity index (χ4v) is 2.61. The van der Waals surface area contributed by atoms with Gasteiger partial charge in [0.05, 0.1) is 12.7 Å². The van der Waals surface area contributed by atoms with E-state index in [1.807, 2.05) is 6.07 Å². The quantitative estimate of drug-likeness (QED) is 0.856. The fraction of sp³-hybridized carbons (Fsp3) is 0.600. The van der Waals surface area contributed by atoms with Crippen molar-refractivity contribution in [2.75, 3.05) is 20.2 Å². The molecule has 1 aliphatic rings. The largest absolute Gasteiger partial charge is 0.496 e. The maximum atomic E-state index is 10.6. The molecule has 1 fully saturated rings. The van der Waals surface area contributed by atoms with E-state index in [9.17, 15) is 5.11 Å². The lowest BCUT2D eigenvalue weighted by atomic mass is 9.85. The number of hydrogen-bond donors (Lipinski definition) is 2. The molecule has 3 heteroatoms. The Balaban J connectivity index is 2.20. The zero-order valence-electron chi connectivity index (χ0n) is 11.3. The number of nitrogens with one attached hydrogen (secondary N) is 1. The minimum absolute atomic E-state index is 0.578. The summed E-state index contributed by atoms with van der Waals surface area (Å²) in [5.41, 5.74) is 1.84. The maximum absolute atomic E-state index is 10.6. The minimum Gasteiger partial charge on any atom is -0.496 e. The zero-order valence-corrected chi connectivity index (χ0v) is 11.3. The van der Waals surface area contributed by atoms with Crippen LogP contribution in [0, 0.1) is 0 Å². The first-order valence-corrected chi connectivity index (χ1v) is 6.76. The van der Waals surface area contributed by atoms with E-state index in [2.05, 4.69) is 24.4 Å². The highest BCUT2D eigenvalue weighted by molar-refractivity contribution is 5.38. The van der Waals surface area contributed by atoms with E-state index in [0.717, 1.165) is 43.7 Å². The lowest BCUT2D eigenvalue weighted by Gasteiger charge is -2.33. The van der Waals surface area contributed by atoms with Gasteiger partial charge in [-0.15, -0.1) is 0 Å². The summed E-state index contributed by atoms with van der Waals surface area (Å²) in [5.74, 6) is 0.888. The summed E-state index contributed by atoms with van der Waals surface area (Å²) in [6.07, 6.45) is 3.32. The van der Waals surface area contributed by atoms with Crippen molar-refractivity contribution in [3.05, 3.63) is 29.3 Å². The van der Waals surface area contributed by atoms with Crippen molar-refractivity contribution in [3.63, 3.8) is 0 Å². The van der Waals surface area contributed by atoms with Crippen LogP contribution in [0.4, 0.5) is 0 Å². The molecular weight excluding hydrogens is 226 g/mol. The predicted octanol–water partition coefficient (Wildman–Crippen LogP) is 1.91.